The average Bonchev–Trinajstić information content (AvgIpc) is 3.32. The molecule has 1 aromatic heterocycles. The smallest absolute Gasteiger partial charge is 0.286 e. The fourth-order valence-corrected chi connectivity index (χ4v) is 6.53. The van der Waals surface area contributed by atoms with E-state index in [1.165, 1.54) is 15.6 Å². The summed E-state index contributed by atoms with van der Waals surface area (Å²) in [6.07, 6.45) is 1.52. The van der Waals surface area contributed by atoms with Gasteiger partial charge in [0.2, 0.25) is 15.0 Å². The van der Waals surface area contributed by atoms with E-state index in [1.807, 2.05) is 26.0 Å². The summed E-state index contributed by atoms with van der Waals surface area (Å²) in [6.45, 7) is 4.49. The monoisotopic (exact) mass is 486 g/mol. The summed E-state index contributed by atoms with van der Waals surface area (Å²) >= 11 is 1.21. The maximum absolute atomic E-state index is 13.3. The average molecular weight is 487 g/mol. The van der Waals surface area contributed by atoms with Crippen LogP contribution in [0.2, 0.25) is 0 Å². The number of carbonyl (C=O) groups excluding carboxylic acids is 1. The van der Waals surface area contributed by atoms with Crippen LogP contribution in [-0.2, 0) is 10.0 Å². The molecule has 1 aliphatic rings. The summed E-state index contributed by atoms with van der Waals surface area (Å²) < 4.78 is 33.3. The van der Waals surface area contributed by atoms with Crippen molar-refractivity contribution < 1.29 is 17.9 Å². The molecule has 0 radical (unpaired) electrons. The number of anilines is 1. The van der Waals surface area contributed by atoms with E-state index >= 15 is 0 Å². The molecule has 1 N–H and O–H groups in total. The van der Waals surface area contributed by atoms with E-state index in [1.54, 1.807) is 37.4 Å². The van der Waals surface area contributed by atoms with Crippen LogP contribution in [0.25, 0.3) is 0 Å². The summed E-state index contributed by atoms with van der Waals surface area (Å²) in [5.41, 5.74) is 2.27. The van der Waals surface area contributed by atoms with Crippen molar-refractivity contribution in [1.82, 2.24) is 14.5 Å². The second kappa shape index (κ2) is 9.58. The minimum atomic E-state index is -3.61. The van der Waals surface area contributed by atoms with E-state index in [0.717, 1.165) is 24.0 Å². The largest absolute Gasteiger partial charge is 0.497 e. The molecule has 33 heavy (non-hydrogen) atoms. The van der Waals surface area contributed by atoms with Crippen LogP contribution in [0.1, 0.15) is 44.7 Å². The lowest BCUT2D eigenvalue weighted by Crippen LogP contribution is -2.39. The van der Waals surface area contributed by atoms with E-state index in [2.05, 4.69) is 15.5 Å². The Hall–Kier alpha value is -2.82. The molecule has 0 saturated carbocycles. The van der Waals surface area contributed by atoms with Gasteiger partial charge in [0.05, 0.1) is 12.0 Å². The van der Waals surface area contributed by atoms with Gasteiger partial charge in [-0.3, -0.25) is 4.79 Å². The number of carbonyl (C=O) groups is 1. The fourth-order valence-electron chi connectivity index (χ4n) is 3.84. The zero-order valence-corrected chi connectivity index (χ0v) is 20.4. The predicted octanol–water partition coefficient (Wildman–Crippen LogP) is 3.98. The molecule has 0 spiro atoms. The third-order valence-corrected chi connectivity index (χ3v) is 8.77. The van der Waals surface area contributed by atoms with Gasteiger partial charge in [0, 0.05) is 24.7 Å². The summed E-state index contributed by atoms with van der Waals surface area (Å²) in [4.78, 5) is 12.9. The highest BCUT2D eigenvalue weighted by atomic mass is 32.2. The second-order valence-electron chi connectivity index (χ2n) is 8.10. The number of aromatic nitrogens is 2. The van der Waals surface area contributed by atoms with Crippen LogP contribution in [0.3, 0.4) is 0 Å². The Balaban J connectivity index is 1.47. The van der Waals surface area contributed by atoms with Crippen molar-refractivity contribution >= 4 is 33.0 Å². The first-order valence-corrected chi connectivity index (χ1v) is 12.9. The number of ether oxygens (including phenoxy) is 1. The molecule has 1 atom stereocenters. The SMILES string of the molecule is COc1ccc(NC(=O)c2nnc([C@@H]3CCCN(S(=O)(=O)c4cc(C)ccc4C)C3)s2)cc1. The Morgan fingerprint density at radius 1 is 1.15 bits per heavy atom. The summed E-state index contributed by atoms with van der Waals surface area (Å²) in [5, 5.41) is 12.0. The Kier molecular flexibility index (Phi) is 6.78. The molecular formula is C23H26N4O4S2. The number of amides is 1. The molecule has 0 unspecified atom stereocenters. The highest BCUT2D eigenvalue weighted by Gasteiger charge is 2.33. The standard InChI is InChI=1S/C23H26N4O4S2/c1-15-6-7-16(2)20(13-15)33(29,30)27-12-4-5-17(14-27)22-25-26-23(32-22)21(28)24-18-8-10-19(31-3)11-9-18/h6-11,13,17H,4-5,12,14H2,1-3H3,(H,24,28)/t17-/m1/s1. The van der Waals surface area contributed by atoms with Gasteiger partial charge in [-0.2, -0.15) is 4.31 Å². The molecule has 4 rings (SSSR count). The van der Waals surface area contributed by atoms with Crippen LogP contribution in [0.4, 0.5) is 5.69 Å². The molecule has 2 heterocycles. The van der Waals surface area contributed by atoms with Gasteiger partial charge in [0.15, 0.2) is 0 Å². The zero-order chi connectivity index (χ0) is 23.6. The highest BCUT2D eigenvalue weighted by Crippen LogP contribution is 2.33. The summed E-state index contributed by atoms with van der Waals surface area (Å²) in [6, 6.07) is 12.5. The lowest BCUT2D eigenvalue weighted by atomic mass is 10.0. The molecule has 0 bridgehead atoms. The number of aryl methyl sites for hydroxylation is 2. The topological polar surface area (TPSA) is 101 Å². The Morgan fingerprint density at radius 2 is 1.91 bits per heavy atom. The van der Waals surface area contributed by atoms with Crippen molar-refractivity contribution in [2.24, 2.45) is 0 Å². The van der Waals surface area contributed by atoms with Crippen LogP contribution in [0, 0.1) is 13.8 Å². The fraction of sp³-hybridized carbons (Fsp3) is 0.348. The number of nitrogens with one attached hydrogen (secondary N) is 1. The molecule has 10 heteroatoms. The van der Waals surface area contributed by atoms with Crippen molar-refractivity contribution in [1.29, 1.82) is 0 Å². The van der Waals surface area contributed by atoms with Gasteiger partial charge in [-0.05, 0) is 68.1 Å². The van der Waals surface area contributed by atoms with Crippen molar-refractivity contribution in [2.45, 2.75) is 37.5 Å². The maximum atomic E-state index is 13.3. The van der Waals surface area contributed by atoms with E-state index in [0.29, 0.717) is 34.4 Å². The van der Waals surface area contributed by atoms with Crippen LogP contribution in [0.15, 0.2) is 47.4 Å². The van der Waals surface area contributed by atoms with Crippen molar-refractivity contribution in [2.75, 3.05) is 25.5 Å². The van der Waals surface area contributed by atoms with Crippen molar-refractivity contribution in [3.05, 3.63) is 63.6 Å². The normalized spacial score (nSPS) is 17.0. The van der Waals surface area contributed by atoms with Gasteiger partial charge in [0.1, 0.15) is 10.8 Å². The van der Waals surface area contributed by atoms with Crippen LogP contribution in [-0.4, -0.2) is 49.0 Å². The van der Waals surface area contributed by atoms with Gasteiger partial charge < -0.3 is 10.1 Å². The number of rotatable bonds is 6. The molecule has 0 aliphatic carbocycles. The van der Waals surface area contributed by atoms with Crippen LogP contribution < -0.4 is 10.1 Å². The zero-order valence-electron chi connectivity index (χ0n) is 18.7. The van der Waals surface area contributed by atoms with Gasteiger partial charge in [0.25, 0.3) is 5.91 Å². The predicted molar refractivity (Wildman–Crippen MR) is 128 cm³/mol. The molecule has 174 valence electrons. The van der Waals surface area contributed by atoms with Crippen molar-refractivity contribution in [3.63, 3.8) is 0 Å². The first-order chi connectivity index (χ1) is 15.8. The minimum Gasteiger partial charge on any atom is -0.497 e. The van der Waals surface area contributed by atoms with Gasteiger partial charge in [-0.1, -0.05) is 23.5 Å². The molecule has 1 fully saturated rings. The Bertz CT molecular complexity index is 1260. The van der Waals surface area contributed by atoms with Crippen LogP contribution >= 0.6 is 11.3 Å². The van der Waals surface area contributed by atoms with Crippen LogP contribution in [0.5, 0.6) is 5.75 Å². The number of benzene rings is 2. The summed E-state index contributed by atoms with van der Waals surface area (Å²) in [5.74, 6) is 0.252. The molecule has 1 amide bonds. The van der Waals surface area contributed by atoms with E-state index in [9.17, 15) is 13.2 Å². The highest BCUT2D eigenvalue weighted by molar-refractivity contribution is 7.89. The quantitative estimate of drug-likeness (QED) is 0.565. The summed E-state index contributed by atoms with van der Waals surface area (Å²) in [7, 11) is -2.03. The third-order valence-electron chi connectivity index (χ3n) is 5.68. The molecule has 2 aromatic carbocycles. The third kappa shape index (κ3) is 5.07. The lowest BCUT2D eigenvalue weighted by molar-refractivity contribution is 0.102. The molecule has 3 aromatic rings. The number of methoxy groups -OCH3 is 1. The van der Waals surface area contributed by atoms with Gasteiger partial charge in [-0.25, -0.2) is 8.42 Å². The van der Waals surface area contributed by atoms with E-state index in [4.69, 9.17) is 4.74 Å². The number of sulfonamides is 1. The maximum Gasteiger partial charge on any atom is 0.286 e. The van der Waals surface area contributed by atoms with Crippen molar-refractivity contribution in [3.8, 4) is 5.75 Å². The van der Waals surface area contributed by atoms with E-state index < -0.39 is 10.0 Å². The minimum absolute atomic E-state index is 0.0984. The molecular weight excluding hydrogens is 460 g/mol. The second-order valence-corrected chi connectivity index (χ2v) is 11.0. The molecule has 1 saturated heterocycles. The lowest BCUT2D eigenvalue weighted by Gasteiger charge is -2.31. The van der Waals surface area contributed by atoms with E-state index in [-0.39, 0.29) is 16.8 Å². The number of hydrogen-bond donors (Lipinski definition) is 1. The molecule has 1 aliphatic heterocycles. The number of nitrogens with zero attached hydrogens (tertiary/aromatic N) is 3. The van der Waals surface area contributed by atoms with Gasteiger partial charge >= 0.3 is 0 Å². The van der Waals surface area contributed by atoms with Gasteiger partial charge in [-0.15, -0.1) is 10.2 Å². The number of hydrogen-bond acceptors (Lipinski definition) is 7. The first kappa shape index (κ1) is 23.3. The Labute approximate surface area is 197 Å². The molecule has 8 nitrogen and oxygen atoms in total. The number of piperidine rings is 1. The first-order valence-electron chi connectivity index (χ1n) is 10.6. The Morgan fingerprint density at radius 3 is 2.64 bits per heavy atom.